The Bertz CT molecular complexity index is 1050. The lowest BCUT2D eigenvalue weighted by Gasteiger charge is -2.25. The Labute approximate surface area is 198 Å². The van der Waals surface area contributed by atoms with Crippen LogP contribution in [0.5, 0.6) is 0 Å². The Balaban J connectivity index is 1.46. The first kappa shape index (κ1) is 22.2. The van der Waals surface area contributed by atoms with E-state index in [2.05, 4.69) is 72.4 Å². The second-order valence-electron chi connectivity index (χ2n) is 7.56. The zero-order chi connectivity index (χ0) is 21.6. The Morgan fingerprint density at radius 2 is 2.00 bits per heavy atom. The van der Waals surface area contributed by atoms with Crippen molar-refractivity contribution in [1.29, 1.82) is 0 Å². The number of aromatic nitrogens is 3. The molecule has 1 aliphatic rings. The van der Waals surface area contributed by atoms with Crippen LogP contribution in [-0.2, 0) is 4.79 Å². The largest absolute Gasteiger partial charge is 0.299 e. The van der Waals surface area contributed by atoms with Crippen molar-refractivity contribution in [1.82, 2.24) is 20.2 Å². The van der Waals surface area contributed by atoms with Crippen LogP contribution >= 0.6 is 39.0 Å². The summed E-state index contributed by atoms with van der Waals surface area (Å²) in [7, 11) is 0. The maximum absolute atomic E-state index is 12.3. The van der Waals surface area contributed by atoms with E-state index in [0.717, 1.165) is 38.0 Å². The summed E-state index contributed by atoms with van der Waals surface area (Å²) in [5.41, 5.74) is 4.88. The summed E-state index contributed by atoms with van der Waals surface area (Å²) < 4.78 is 3.27. The smallest absolute Gasteiger partial charge is 0.250 e. The standard InChI is InChI=1S/C22H24BrN5OS2/c1-15-7-9-16(10-8-15)21-26-27-22(28(21)17-5-3-2-4-6-17)30-14-20(29)25-24-13-18-11-12-19(23)31-18/h7-13,17H,2-6,14H2,1H3,(H,25,29). The van der Waals surface area contributed by atoms with E-state index in [0.29, 0.717) is 6.04 Å². The van der Waals surface area contributed by atoms with Crippen LogP contribution in [0.3, 0.4) is 0 Å². The van der Waals surface area contributed by atoms with E-state index >= 15 is 0 Å². The van der Waals surface area contributed by atoms with Gasteiger partial charge >= 0.3 is 0 Å². The summed E-state index contributed by atoms with van der Waals surface area (Å²) in [5.74, 6) is 0.965. The van der Waals surface area contributed by atoms with E-state index in [1.54, 1.807) is 17.6 Å². The molecular weight excluding hydrogens is 494 g/mol. The molecule has 162 valence electrons. The molecule has 0 atom stereocenters. The second-order valence-corrected chi connectivity index (χ2v) is 11.0. The highest BCUT2D eigenvalue weighted by molar-refractivity contribution is 9.11. The molecule has 0 spiro atoms. The van der Waals surface area contributed by atoms with E-state index in [1.165, 1.54) is 36.6 Å². The summed E-state index contributed by atoms with van der Waals surface area (Å²) in [6.45, 7) is 2.08. The molecule has 1 fully saturated rings. The average Bonchev–Trinajstić information content (AvgIpc) is 3.39. The van der Waals surface area contributed by atoms with Crippen LogP contribution in [0.15, 0.2) is 50.4 Å². The van der Waals surface area contributed by atoms with E-state index in [1.807, 2.05) is 12.1 Å². The number of halogens is 1. The molecule has 0 radical (unpaired) electrons. The van der Waals surface area contributed by atoms with Crippen molar-refractivity contribution in [2.75, 3.05) is 5.75 Å². The second kappa shape index (κ2) is 10.6. The third-order valence-corrected chi connectivity index (χ3v) is 7.72. The van der Waals surface area contributed by atoms with Crippen LogP contribution in [0.4, 0.5) is 0 Å². The molecule has 0 unspecified atom stereocenters. The van der Waals surface area contributed by atoms with Crippen molar-refractivity contribution >= 4 is 51.2 Å². The number of thioether (sulfide) groups is 1. The SMILES string of the molecule is Cc1ccc(-c2nnc(SCC(=O)NN=Cc3ccc(Br)s3)n2C2CCCCC2)cc1. The van der Waals surface area contributed by atoms with E-state index in [-0.39, 0.29) is 11.7 Å². The van der Waals surface area contributed by atoms with Gasteiger partial charge in [0.25, 0.3) is 5.91 Å². The van der Waals surface area contributed by atoms with E-state index < -0.39 is 0 Å². The van der Waals surface area contributed by atoms with Crippen molar-refractivity contribution < 1.29 is 4.79 Å². The third kappa shape index (κ3) is 5.84. The summed E-state index contributed by atoms with van der Waals surface area (Å²) in [6, 6.07) is 12.7. The summed E-state index contributed by atoms with van der Waals surface area (Å²) in [4.78, 5) is 13.3. The first-order chi connectivity index (χ1) is 15.1. The number of hydrogen-bond acceptors (Lipinski definition) is 6. The molecule has 1 aliphatic carbocycles. The molecule has 0 bridgehead atoms. The minimum atomic E-state index is -0.160. The first-order valence-electron chi connectivity index (χ1n) is 10.3. The van der Waals surface area contributed by atoms with E-state index in [9.17, 15) is 4.79 Å². The molecule has 3 aromatic rings. The van der Waals surface area contributed by atoms with Gasteiger partial charge in [0.15, 0.2) is 11.0 Å². The van der Waals surface area contributed by atoms with Crippen LogP contribution in [-0.4, -0.2) is 32.6 Å². The molecule has 2 heterocycles. The highest BCUT2D eigenvalue weighted by Crippen LogP contribution is 2.35. The molecule has 0 aliphatic heterocycles. The number of aryl methyl sites for hydroxylation is 1. The highest BCUT2D eigenvalue weighted by Gasteiger charge is 2.24. The van der Waals surface area contributed by atoms with Crippen molar-refractivity contribution in [3.63, 3.8) is 0 Å². The quantitative estimate of drug-likeness (QED) is 0.243. The van der Waals surface area contributed by atoms with Gasteiger partial charge in [-0.2, -0.15) is 5.10 Å². The van der Waals surface area contributed by atoms with Crippen LogP contribution in [0.2, 0.25) is 0 Å². The number of benzene rings is 1. The fraction of sp³-hybridized carbons (Fsp3) is 0.364. The molecule has 0 saturated heterocycles. The number of carbonyl (C=O) groups excluding carboxylic acids is 1. The molecule has 1 aromatic carbocycles. The fourth-order valence-corrected chi connectivity index (χ4v) is 5.76. The van der Waals surface area contributed by atoms with Gasteiger partial charge in [-0.05, 0) is 47.8 Å². The Morgan fingerprint density at radius 3 is 2.71 bits per heavy atom. The number of rotatable bonds is 7. The lowest BCUT2D eigenvalue weighted by atomic mass is 9.95. The minimum absolute atomic E-state index is 0.160. The zero-order valence-corrected chi connectivity index (χ0v) is 20.5. The van der Waals surface area contributed by atoms with Gasteiger partial charge in [-0.25, -0.2) is 5.43 Å². The number of nitrogens with zero attached hydrogens (tertiary/aromatic N) is 4. The number of nitrogens with one attached hydrogen (secondary N) is 1. The van der Waals surface area contributed by atoms with Gasteiger partial charge in [-0.3, -0.25) is 9.36 Å². The maximum atomic E-state index is 12.3. The van der Waals surface area contributed by atoms with Crippen LogP contribution in [0.25, 0.3) is 11.4 Å². The molecule has 6 nitrogen and oxygen atoms in total. The molecule has 2 aromatic heterocycles. The first-order valence-corrected chi connectivity index (χ1v) is 12.9. The van der Waals surface area contributed by atoms with Crippen LogP contribution in [0, 0.1) is 6.92 Å². The Morgan fingerprint density at radius 1 is 1.23 bits per heavy atom. The third-order valence-electron chi connectivity index (χ3n) is 5.22. The monoisotopic (exact) mass is 517 g/mol. The Hall–Kier alpha value is -1.97. The van der Waals surface area contributed by atoms with Crippen molar-refractivity contribution in [2.45, 2.75) is 50.2 Å². The topological polar surface area (TPSA) is 72.2 Å². The van der Waals surface area contributed by atoms with Gasteiger partial charge in [0.05, 0.1) is 15.8 Å². The van der Waals surface area contributed by atoms with Gasteiger partial charge in [-0.15, -0.1) is 21.5 Å². The lowest BCUT2D eigenvalue weighted by molar-refractivity contribution is -0.118. The van der Waals surface area contributed by atoms with Crippen molar-refractivity contribution in [2.24, 2.45) is 5.10 Å². The van der Waals surface area contributed by atoms with Gasteiger partial charge in [0.2, 0.25) is 0 Å². The molecule has 31 heavy (non-hydrogen) atoms. The molecule has 1 N–H and O–H groups in total. The molecule has 1 amide bonds. The molecule has 9 heteroatoms. The normalized spacial score (nSPS) is 14.9. The summed E-state index contributed by atoms with van der Waals surface area (Å²) >= 11 is 6.39. The van der Waals surface area contributed by atoms with Gasteiger partial charge < -0.3 is 0 Å². The number of thiophene rings is 1. The predicted octanol–water partition coefficient (Wildman–Crippen LogP) is 5.83. The van der Waals surface area contributed by atoms with Crippen molar-refractivity contribution in [3.05, 3.63) is 50.6 Å². The minimum Gasteiger partial charge on any atom is -0.299 e. The molecular formula is C22H24BrN5OS2. The number of hydrazone groups is 1. The van der Waals surface area contributed by atoms with Gasteiger partial charge in [0.1, 0.15) is 0 Å². The van der Waals surface area contributed by atoms with Crippen LogP contribution < -0.4 is 5.43 Å². The highest BCUT2D eigenvalue weighted by atomic mass is 79.9. The fourth-order valence-electron chi connectivity index (χ4n) is 3.67. The van der Waals surface area contributed by atoms with Gasteiger partial charge in [-0.1, -0.05) is 60.9 Å². The lowest BCUT2D eigenvalue weighted by Crippen LogP contribution is -2.20. The molecule has 1 saturated carbocycles. The predicted molar refractivity (Wildman–Crippen MR) is 131 cm³/mol. The number of carbonyl (C=O) groups is 1. The summed E-state index contributed by atoms with van der Waals surface area (Å²) in [5, 5.41) is 13.8. The number of amides is 1. The zero-order valence-electron chi connectivity index (χ0n) is 17.3. The molecule has 4 rings (SSSR count). The van der Waals surface area contributed by atoms with Gasteiger partial charge in [0, 0.05) is 16.5 Å². The Kier molecular flexibility index (Phi) is 7.58. The summed E-state index contributed by atoms with van der Waals surface area (Å²) in [6.07, 6.45) is 7.61. The van der Waals surface area contributed by atoms with Crippen molar-refractivity contribution in [3.8, 4) is 11.4 Å². The maximum Gasteiger partial charge on any atom is 0.250 e. The average molecular weight is 519 g/mol. The number of hydrogen-bond donors (Lipinski definition) is 1. The van der Waals surface area contributed by atoms with Crippen LogP contribution in [0.1, 0.15) is 48.6 Å². The van der Waals surface area contributed by atoms with E-state index in [4.69, 9.17) is 0 Å².